The summed E-state index contributed by atoms with van der Waals surface area (Å²) in [7, 11) is 0. The first-order chi connectivity index (χ1) is 10.8. The lowest BCUT2D eigenvalue weighted by Crippen LogP contribution is -2.13. The van der Waals surface area contributed by atoms with Gasteiger partial charge in [-0.1, -0.05) is 36.8 Å². The molecule has 5 heteroatoms. The maximum atomic E-state index is 14.0. The van der Waals surface area contributed by atoms with Gasteiger partial charge in [0.05, 0.1) is 0 Å². The second kappa shape index (κ2) is 6.77. The van der Waals surface area contributed by atoms with Gasteiger partial charge in [-0.2, -0.15) is 0 Å². The highest BCUT2D eigenvalue weighted by Crippen LogP contribution is 2.38. The monoisotopic (exact) mass is 320 g/mol. The fourth-order valence-electron chi connectivity index (χ4n) is 2.27. The molecule has 0 fully saturated rings. The Labute approximate surface area is 133 Å². The number of benzene rings is 2. The molecule has 122 valence electrons. The van der Waals surface area contributed by atoms with Crippen LogP contribution in [0.25, 0.3) is 11.1 Å². The SMILES string of the molecule is CCC(F)(F)c1ccc(OCC(=O)O)c(-c2cccc(C)c2)c1. The highest BCUT2D eigenvalue weighted by atomic mass is 19.3. The topological polar surface area (TPSA) is 46.5 Å². The second-order valence-corrected chi connectivity index (χ2v) is 5.32. The molecule has 2 aromatic rings. The summed E-state index contributed by atoms with van der Waals surface area (Å²) in [5.74, 6) is -3.79. The van der Waals surface area contributed by atoms with Crippen LogP contribution in [0, 0.1) is 6.92 Å². The predicted octanol–water partition coefficient (Wildman–Crippen LogP) is 4.63. The van der Waals surface area contributed by atoms with Crippen LogP contribution in [0.15, 0.2) is 42.5 Å². The number of carboxylic acids is 1. The first-order valence-corrected chi connectivity index (χ1v) is 7.27. The summed E-state index contributed by atoms with van der Waals surface area (Å²) in [6.07, 6.45) is -0.310. The molecular weight excluding hydrogens is 302 g/mol. The highest BCUT2D eigenvalue weighted by Gasteiger charge is 2.29. The third kappa shape index (κ3) is 4.06. The Balaban J connectivity index is 2.53. The molecule has 2 rings (SSSR count). The van der Waals surface area contributed by atoms with Crippen LogP contribution in [0.3, 0.4) is 0 Å². The van der Waals surface area contributed by atoms with Crippen molar-refractivity contribution in [3.05, 3.63) is 53.6 Å². The number of carbonyl (C=O) groups is 1. The lowest BCUT2D eigenvalue weighted by molar-refractivity contribution is -0.139. The lowest BCUT2D eigenvalue weighted by atomic mass is 9.97. The molecule has 0 aliphatic rings. The van der Waals surface area contributed by atoms with Crippen LogP contribution in [0.5, 0.6) is 5.75 Å². The number of ether oxygens (including phenoxy) is 1. The number of hydrogen-bond donors (Lipinski definition) is 1. The van der Waals surface area contributed by atoms with Crippen molar-refractivity contribution in [3.63, 3.8) is 0 Å². The third-order valence-corrected chi connectivity index (χ3v) is 3.53. The summed E-state index contributed by atoms with van der Waals surface area (Å²) in [6, 6.07) is 11.4. The fourth-order valence-corrected chi connectivity index (χ4v) is 2.27. The average Bonchev–Trinajstić information content (AvgIpc) is 2.52. The van der Waals surface area contributed by atoms with Crippen molar-refractivity contribution < 1.29 is 23.4 Å². The van der Waals surface area contributed by atoms with Crippen molar-refractivity contribution in [1.29, 1.82) is 0 Å². The number of rotatable bonds is 6. The van der Waals surface area contributed by atoms with Gasteiger partial charge in [-0.05, 0) is 30.7 Å². The van der Waals surface area contributed by atoms with E-state index in [0.717, 1.165) is 5.56 Å². The zero-order valence-corrected chi connectivity index (χ0v) is 13.0. The number of halogens is 2. The molecule has 0 saturated carbocycles. The molecule has 0 aliphatic heterocycles. The van der Waals surface area contributed by atoms with Gasteiger partial charge in [-0.25, -0.2) is 13.6 Å². The number of hydrogen-bond acceptors (Lipinski definition) is 2. The fraction of sp³-hybridized carbons (Fsp3) is 0.278. The molecule has 0 heterocycles. The van der Waals surface area contributed by atoms with Gasteiger partial charge in [0.25, 0.3) is 5.92 Å². The minimum Gasteiger partial charge on any atom is -0.481 e. The van der Waals surface area contributed by atoms with Gasteiger partial charge in [-0.15, -0.1) is 0 Å². The van der Waals surface area contributed by atoms with Crippen LogP contribution in [0.1, 0.15) is 24.5 Å². The van der Waals surface area contributed by atoms with E-state index in [-0.39, 0.29) is 17.7 Å². The smallest absolute Gasteiger partial charge is 0.341 e. The van der Waals surface area contributed by atoms with Crippen LogP contribution in [-0.4, -0.2) is 17.7 Å². The first kappa shape index (κ1) is 16.9. The number of carboxylic acid groups (broad SMARTS) is 1. The van der Waals surface area contributed by atoms with Crippen molar-refractivity contribution >= 4 is 5.97 Å². The maximum absolute atomic E-state index is 14.0. The molecular formula is C18H18F2O3. The van der Waals surface area contributed by atoms with Crippen molar-refractivity contribution in [3.8, 4) is 16.9 Å². The van der Waals surface area contributed by atoms with Gasteiger partial charge in [0.2, 0.25) is 0 Å². The van der Waals surface area contributed by atoms with E-state index in [1.807, 2.05) is 25.1 Å². The molecule has 0 radical (unpaired) electrons. The number of alkyl halides is 2. The van der Waals surface area contributed by atoms with Gasteiger partial charge in [0.15, 0.2) is 6.61 Å². The quantitative estimate of drug-likeness (QED) is 0.844. The second-order valence-electron chi connectivity index (χ2n) is 5.32. The molecule has 0 atom stereocenters. The van der Waals surface area contributed by atoms with Crippen molar-refractivity contribution in [2.24, 2.45) is 0 Å². The molecule has 3 nitrogen and oxygen atoms in total. The zero-order valence-electron chi connectivity index (χ0n) is 13.0. The Morgan fingerprint density at radius 2 is 1.96 bits per heavy atom. The Hall–Kier alpha value is -2.43. The van der Waals surface area contributed by atoms with E-state index in [2.05, 4.69) is 0 Å². The molecule has 0 aromatic heterocycles. The summed E-state index contributed by atoms with van der Waals surface area (Å²) in [5, 5.41) is 8.76. The van der Waals surface area contributed by atoms with E-state index >= 15 is 0 Å². The summed E-state index contributed by atoms with van der Waals surface area (Å²) in [4.78, 5) is 10.7. The summed E-state index contributed by atoms with van der Waals surface area (Å²) >= 11 is 0. The van der Waals surface area contributed by atoms with Crippen LogP contribution in [0.4, 0.5) is 8.78 Å². The molecule has 0 unspecified atom stereocenters. The molecule has 0 bridgehead atoms. The normalized spacial score (nSPS) is 11.3. The molecule has 0 saturated heterocycles. The van der Waals surface area contributed by atoms with Crippen LogP contribution >= 0.6 is 0 Å². The standard InChI is InChI=1S/C18H18F2O3/c1-3-18(19,20)14-7-8-16(23-11-17(21)22)15(10-14)13-6-4-5-12(2)9-13/h4-10H,3,11H2,1-2H3,(H,21,22). The Morgan fingerprint density at radius 3 is 2.57 bits per heavy atom. The van der Waals surface area contributed by atoms with Gasteiger partial charge < -0.3 is 9.84 Å². The van der Waals surface area contributed by atoms with Crippen molar-refractivity contribution in [1.82, 2.24) is 0 Å². The summed E-state index contributed by atoms with van der Waals surface area (Å²) in [6.45, 7) is 2.79. The number of aryl methyl sites for hydroxylation is 1. The van der Waals surface area contributed by atoms with E-state index in [0.29, 0.717) is 11.1 Å². The lowest BCUT2D eigenvalue weighted by Gasteiger charge is -2.18. The van der Waals surface area contributed by atoms with E-state index in [4.69, 9.17) is 9.84 Å². The molecule has 2 aromatic carbocycles. The van der Waals surface area contributed by atoms with Gasteiger partial charge in [0.1, 0.15) is 5.75 Å². The minimum atomic E-state index is -2.94. The zero-order chi connectivity index (χ0) is 17.0. The third-order valence-electron chi connectivity index (χ3n) is 3.53. The van der Waals surface area contributed by atoms with Gasteiger partial charge >= 0.3 is 5.97 Å². The number of aliphatic carboxylic acids is 1. The van der Waals surface area contributed by atoms with E-state index in [1.165, 1.54) is 25.1 Å². The largest absolute Gasteiger partial charge is 0.481 e. The van der Waals surface area contributed by atoms with Crippen LogP contribution in [0.2, 0.25) is 0 Å². The molecule has 0 spiro atoms. The Morgan fingerprint density at radius 1 is 1.22 bits per heavy atom. The molecule has 0 aliphatic carbocycles. The first-order valence-electron chi connectivity index (χ1n) is 7.27. The van der Waals surface area contributed by atoms with E-state index < -0.39 is 18.5 Å². The molecule has 0 amide bonds. The van der Waals surface area contributed by atoms with Gasteiger partial charge in [0, 0.05) is 17.5 Å². The average molecular weight is 320 g/mol. The predicted molar refractivity (Wildman–Crippen MR) is 83.9 cm³/mol. The highest BCUT2D eigenvalue weighted by molar-refractivity contribution is 5.73. The van der Waals surface area contributed by atoms with E-state index in [9.17, 15) is 13.6 Å². The minimum absolute atomic E-state index is 0.112. The van der Waals surface area contributed by atoms with Crippen molar-refractivity contribution in [2.75, 3.05) is 6.61 Å². The maximum Gasteiger partial charge on any atom is 0.341 e. The van der Waals surface area contributed by atoms with E-state index in [1.54, 1.807) is 6.07 Å². The van der Waals surface area contributed by atoms with Crippen LogP contribution < -0.4 is 4.74 Å². The molecule has 23 heavy (non-hydrogen) atoms. The van der Waals surface area contributed by atoms with Crippen LogP contribution in [-0.2, 0) is 10.7 Å². The van der Waals surface area contributed by atoms with Crippen molar-refractivity contribution in [2.45, 2.75) is 26.2 Å². The Kier molecular flexibility index (Phi) is 4.98. The van der Waals surface area contributed by atoms with Gasteiger partial charge in [-0.3, -0.25) is 0 Å². The molecule has 1 N–H and O–H groups in total. The Bertz CT molecular complexity index is 711. The summed E-state index contributed by atoms with van der Waals surface area (Å²) in [5.41, 5.74) is 2.03. The summed E-state index contributed by atoms with van der Waals surface area (Å²) < 4.78 is 33.2.